The van der Waals surface area contributed by atoms with Crippen LogP contribution in [0.5, 0.6) is 0 Å². The van der Waals surface area contributed by atoms with Gasteiger partial charge in [-0.15, -0.1) is 0 Å². The molecule has 0 amide bonds. The fraction of sp³-hybridized carbons (Fsp3) is 0.438. The Kier molecular flexibility index (Phi) is 4.04. The maximum absolute atomic E-state index is 10.4. The number of pyridine rings is 1. The molecule has 1 aliphatic carbocycles. The zero-order valence-corrected chi connectivity index (χ0v) is 11.8. The summed E-state index contributed by atoms with van der Waals surface area (Å²) in [5.41, 5.74) is 0.962. The van der Waals surface area contributed by atoms with Gasteiger partial charge in [0.15, 0.2) is 0 Å². The molecule has 19 heavy (non-hydrogen) atoms. The van der Waals surface area contributed by atoms with E-state index in [0.717, 1.165) is 27.3 Å². The molecule has 100 valence electrons. The van der Waals surface area contributed by atoms with E-state index in [1.54, 1.807) is 0 Å². The average molecular weight is 273 g/mol. The van der Waals surface area contributed by atoms with Crippen molar-refractivity contribution in [2.24, 2.45) is 0 Å². The standard InChI is InChI=1S/C16H19NOS/c18-16(11-19-13-6-2-3-7-13)15-10-17-9-12-5-1-4-8-14(12)15/h1,4-5,8-10,13,16,18H,2-3,6-7,11H2. The highest BCUT2D eigenvalue weighted by Gasteiger charge is 2.18. The molecule has 1 heterocycles. The molecule has 1 atom stereocenters. The number of aromatic nitrogens is 1. The summed E-state index contributed by atoms with van der Waals surface area (Å²) < 4.78 is 0. The van der Waals surface area contributed by atoms with Crippen LogP contribution in [0.3, 0.4) is 0 Å². The number of nitrogens with zero attached hydrogens (tertiary/aromatic N) is 1. The summed E-state index contributed by atoms with van der Waals surface area (Å²) in [5, 5.41) is 13.4. The lowest BCUT2D eigenvalue weighted by Gasteiger charge is -2.15. The number of aliphatic hydroxyl groups is 1. The van der Waals surface area contributed by atoms with Crippen LogP contribution in [0.2, 0.25) is 0 Å². The molecule has 1 aromatic heterocycles. The van der Waals surface area contributed by atoms with E-state index in [1.807, 2.05) is 42.4 Å². The zero-order valence-electron chi connectivity index (χ0n) is 11.0. The Balaban J connectivity index is 1.75. The molecule has 0 spiro atoms. The Labute approximate surface area is 118 Å². The first-order chi connectivity index (χ1) is 9.34. The monoisotopic (exact) mass is 273 g/mol. The summed E-state index contributed by atoms with van der Waals surface area (Å²) in [6.45, 7) is 0. The lowest BCUT2D eigenvalue weighted by atomic mass is 10.0. The van der Waals surface area contributed by atoms with Gasteiger partial charge in [-0.25, -0.2) is 0 Å². The van der Waals surface area contributed by atoms with Crippen LogP contribution in [0.1, 0.15) is 37.4 Å². The SMILES string of the molecule is OC(CSC1CCCC1)c1cncc2ccccc12. The smallest absolute Gasteiger partial charge is 0.0901 e. The summed E-state index contributed by atoms with van der Waals surface area (Å²) in [6.07, 6.45) is 8.57. The lowest BCUT2D eigenvalue weighted by Crippen LogP contribution is -2.06. The van der Waals surface area contributed by atoms with Crippen molar-refractivity contribution in [1.29, 1.82) is 0 Å². The molecule has 1 saturated carbocycles. The highest BCUT2D eigenvalue weighted by Crippen LogP contribution is 2.33. The third-order valence-electron chi connectivity index (χ3n) is 3.85. The van der Waals surface area contributed by atoms with Crippen molar-refractivity contribution >= 4 is 22.5 Å². The fourth-order valence-electron chi connectivity index (χ4n) is 2.78. The van der Waals surface area contributed by atoms with Crippen LogP contribution in [0.25, 0.3) is 10.8 Å². The third kappa shape index (κ3) is 2.93. The maximum atomic E-state index is 10.4. The van der Waals surface area contributed by atoms with Gasteiger partial charge in [0.2, 0.25) is 0 Å². The lowest BCUT2D eigenvalue weighted by molar-refractivity contribution is 0.205. The summed E-state index contributed by atoms with van der Waals surface area (Å²) in [6, 6.07) is 8.13. The summed E-state index contributed by atoms with van der Waals surface area (Å²) in [4.78, 5) is 4.24. The van der Waals surface area contributed by atoms with Gasteiger partial charge >= 0.3 is 0 Å². The molecule has 1 aliphatic rings. The molecule has 3 heteroatoms. The fourth-order valence-corrected chi connectivity index (χ4v) is 4.08. The second kappa shape index (κ2) is 5.93. The van der Waals surface area contributed by atoms with Crippen LogP contribution in [0, 0.1) is 0 Å². The average Bonchev–Trinajstić information content (AvgIpc) is 2.97. The molecule has 2 nitrogen and oxygen atoms in total. The van der Waals surface area contributed by atoms with Crippen molar-refractivity contribution in [2.75, 3.05) is 5.75 Å². The number of aliphatic hydroxyl groups excluding tert-OH is 1. The zero-order chi connectivity index (χ0) is 13.1. The highest BCUT2D eigenvalue weighted by molar-refractivity contribution is 7.99. The van der Waals surface area contributed by atoms with E-state index in [0.29, 0.717) is 0 Å². The second-order valence-electron chi connectivity index (χ2n) is 5.21. The number of hydrogen-bond acceptors (Lipinski definition) is 3. The van der Waals surface area contributed by atoms with Crippen LogP contribution < -0.4 is 0 Å². The van der Waals surface area contributed by atoms with E-state index >= 15 is 0 Å². The van der Waals surface area contributed by atoms with Crippen LogP contribution in [-0.2, 0) is 0 Å². The summed E-state index contributed by atoms with van der Waals surface area (Å²) in [5.74, 6) is 0.778. The van der Waals surface area contributed by atoms with Gasteiger partial charge in [-0.1, -0.05) is 37.1 Å². The van der Waals surface area contributed by atoms with Gasteiger partial charge < -0.3 is 5.11 Å². The van der Waals surface area contributed by atoms with Crippen molar-refractivity contribution in [3.63, 3.8) is 0 Å². The quantitative estimate of drug-likeness (QED) is 0.916. The van der Waals surface area contributed by atoms with Crippen LogP contribution in [-0.4, -0.2) is 21.1 Å². The van der Waals surface area contributed by atoms with Crippen molar-refractivity contribution in [3.05, 3.63) is 42.2 Å². The number of hydrogen-bond donors (Lipinski definition) is 1. The molecular weight excluding hydrogens is 254 g/mol. The Morgan fingerprint density at radius 2 is 2.00 bits per heavy atom. The van der Waals surface area contributed by atoms with Gasteiger partial charge in [0, 0.05) is 34.3 Å². The molecule has 0 saturated heterocycles. The molecule has 0 bridgehead atoms. The summed E-state index contributed by atoms with van der Waals surface area (Å²) >= 11 is 1.92. The van der Waals surface area contributed by atoms with Gasteiger partial charge in [0.25, 0.3) is 0 Å². The first-order valence-corrected chi connectivity index (χ1v) is 8.02. The van der Waals surface area contributed by atoms with Crippen molar-refractivity contribution in [1.82, 2.24) is 4.98 Å². The minimum Gasteiger partial charge on any atom is -0.387 e. The Morgan fingerprint density at radius 1 is 1.21 bits per heavy atom. The first kappa shape index (κ1) is 12.9. The largest absolute Gasteiger partial charge is 0.387 e. The van der Waals surface area contributed by atoms with Gasteiger partial charge in [-0.3, -0.25) is 4.98 Å². The first-order valence-electron chi connectivity index (χ1n) is 6.97. The van der Waals surface area contributed by atoms with E-state index in [1.165, 1.54) is 25.7 Å². The topological polar surface area (TPSA) is 33.1 Å². The molecule has 3 rings (SSSR count). The summed E-state index contributed by atoms with van der Waals surface area (Å²) in [7, 11) is 0. The predicted octanol–water partition coefficient (Wildman–Crippen LogP) is 3.94. The van der Waals surface area contributed by atoms with E-state index in [9.17, 15) is 5.11 Å². The van der Waals surface area contributed by atoms with Crippen LogP contribution in [0.4, 0.5) is 0 Å². The van der Waals surface area contributed by atoms with Gasteiger partial charge in [0.1, 0.15) is 0 Å². The predicted molar refractivity (Wildman–Crippen MR) is 81.4 cm³/mol. The Morgan fingerprint density at radius 3 is 2.84 bits per heavy atom. The minimum atomic E-state index is -0.413. The number of benzene rings is 1. The molecule has 1 N–H and O–H groups in total. The van der Waals surface area contributed by atoms with Crippen LogP contribution >= 0.6 is 11.8 Å². The molecule has 1 aromatic carbocycles. The molecule has 1 fully saturated rings. The number of rotatable bonds is 4. The molecule has 2 aromatic rings. The normalized spacial score (nSPS) is 17.9. The van der Waals surface area contributed by atoms with Gasteiger partial charge in [0.05, 0.1) is 6.10 Å². The minimum absolute atomic E-state index is 0.413. The van der Waals surface area contributed by atoms with Crippen LogP contribution in [0.15, 0.2) is 36.7 Å². The molecular formula is C16H19NOS. The molecule has 1 unspecified atom stereocenters. The van der Waals surface area contributed by atoms with Gasteiger partial charge in [-0.2, -0.15) is 11.8 Å². The Bertz CT molecular complexity index is 546. The van der Waals surface area contributed by atoms with Gasteiger partial charge in [-0.05, 0) is 18.2 Å². The molecule has 0 aliphatic heterocycles. The van der Waals surface area contributed by atoms with E-state index in [4.69, 9.17) is 0 Å². The van der Waals surface area contributed by atoms with E-state index in [2.05, 4.69) is 11.1 Å². The molecule has 0 radical (unpaired) electrons. The Hall–Kier alpha value is -1.06. The second-order valence-corrected chi connectivity index (χ2v) is 6.54. The number of thioether (sulfide) groups is 1. The van der Waals surface area contributed by atoms with Crippen molar-refractivity contribution < 1.29 is 5.11 Å². The van der Waals surface area contributed by atoms with E-state index in [-0.39, 0.29) is 0 Å². The van der Waals surface area contributed by atoms with Crippen molar-refractivity contribution in [3.8, 4) is 0 Å². The van der Waals surface area contributed by atoms with Crippen molar-refractivity contribution in [2.45, 2.75) is 37.0 Å². The maximum Gasteiger partial charge on any atom is 0.0901 e. The third-order valence-corrected chi connectivity index (χ3v) is 5.30. The van der Waals surface area contributed by atoms with E-state index < -0.39 is 6.10 Å². The number of fused-ring (bicyclic) bond motifs is 1. The highest BCUT2D eigenvalue weighted by atomic mass is 32.2.